The smallest absolute Gasteiger partial charge is 0.193 e. The highest BCUT2D eigenvalue weighted by molar-refractivity contribution is 6.08. The van der Waals surface area contributed by atoms with E-state index in [0.717, 1.165) is 13.1 Å². The topological polar surface area (TPSA) is 49.8 Å². The van der Waals surface area contributed by atoms with Gasteiger partial charge in [-0.25, -0.2) is 0 Å². The molecule has 0 bridgehead atoms. The minimum absolute atomic E-state index is 0.0158. The Bertz CT molecular complexity index is 634. The summed E-state index contributed by atoms with van der Waals surface area (Å²) < 4.78 is 5.92. The lowest BCUT2D eigenvalue weighted by molar-refractivity contribution is -0.0539. The van der Waals surface area contributed by atoms with E-state index in [2.05, 4.69) is 0 Å². The number of nitrogens with zero attached hydrogens (tertiary/aromatic N) is 1. The molecule has 0 aromatic heterocycles. The van der Waals surface area contributed by atoms with Crippen molar-refractivity contribution in [1.82, 2.24) is 4.90 Å². The molecule has 0 spiro atoms. The molecule has 2 aromatic carbocycles. The van der Waals surface area contributed by atoms with Gasteiger partial charge in [-0.15, -0.1) is 0 Å². The van der Waals surface area contributed by atoms with Crippen LogP contribution in [0.15, 0.2) is 54.6 Å². The summed E-state index contributed by atoms with van der Waals surface area (Å²) in [5.74, 6) is 0.621. The number of rotatable bonds is 8. The number of carbonyl (C=O) groups excluding carboxylic acids is 1. The summed E-state index contributed by atoms with van der Waals surface area (Å²) in [5.41, 5.74) is 1.28. The molecule has 0 heterocycles. The predicted octanol–water partition coefficient (Wildman–Crippen LogP) is 3.35. The molecule has 2 aromatic rings. The van der Waals surface area contributed by atoms with E-state index in [4.69, 9.17) is 4.74 Å². The zero-order valence-electron chi connectivity index (χ0n) is 14.5. The summed E-state index contributed by atoms with van der Waals surface area (Å²) >= 11 is 0. The summed E-state index contributed by atoms with van der Waals surface area (Å²) in [6.07, 6.45) is -1.02. The van der Waals surface area contributed by atoms with Gasteiger partial charge in [0.05, 0.1) is 0 Å². The van der Waals surface area contributed by atoms with Crippen LogP contribution in [-0.2, 0) is 0 Å². The van der Waals surface area contributed by atoms with Gasteiger partial charge in [0.2, 0.25) is 0 Å². The van der Waals surface area contributed by atoms with Crippen molar-refractivity contribution in [2.75, 3.05) is 13.1 Å². The molecule has 0 aliphatic carbocycles. The van der Waals surface area contributed by atoms with Gasteiger partial charge in [0, 0.05) is 11.1 Å². The molecule has 2 rings (SSSR count). The van der Waals surface area contributed by atoms with Gasteiger partial charge in [0.25, 0.3) is 0 Å². The fourth-order valence-corrected chi connectivity index (χ4v) is 2.64. The van der Waals surface area contributed by atoms with E-state index < -0.39 is 12.3 Å². The molecule has 0 saturated carbocycles. The van der Waals surface area contributed by atoms with Crippen molar-refractivity contribution in [3.05, 3.63) is 65.7 Å². The van der Waals surface area contributed by atoms with Crippen LogP contribution in [0, 0.1) is 0 Å². The molecule has 0 saturated heterocycles. The van der Waals surface area contributed by atoms with Crippen LogP contribution in [0.2, 0.25) is 0 Å². The fourth-order valence-electron chi connectivity index (χ4n) is 2.64. The number of carbonyl (C=O) groups is 1. The van der Waals surface area contributed by atoms with E-state index in [1.807, 2.05) is 36.9 Å². The molecule has 1 N–H and O–H groups in total. The molecule has 0 aliphatic rings. The van der Waals surface area contributed by atoms with Crippen LogP contribution < -0.4 is 4.74 Å². The highest BCUT2D eigenvalue weighted by Crippen LogP contribution is 2.19. The number of hydrogen-bond donors (Lipinski definition) is 1. The minimum Gasteiger partial charge on any atom is -0.472 e. The van der Waals surface area contributed by atoms with E-state index in [0.29, 0.717) is 16.9 Å². The van der Waals surface area contributed by atoms with Crippen LogP contribution in [0.25, 0.3) is 0 Å². The van der Waals surface area contributed by atoms with Gasteiger partial charge in [0.1, 0.15) is 11.9 Å². The molecule has 2 atom stereocenters. The Morgan fingerprint density at radius 3 is 2.04 bits per heavy atom. The molecule has 2 unspecified atom stereocenters. The molecular formula is C20H25NO3. The molecule has 4 heteroatoms. The van der Waals surface area contributed by atoms with Crippen molar-refractivity contribution < 1.29 is 14.6 Å². The third kappa shape index (κ3) is 4.43. The molecule has 4 nitrogen and oxygen atoms in total. The van der Waals surface area contributed by atoms with Crippen molar-refractivity contribution in [2.24, 2.45) is 0 Å². The van der Waals surface area contributed by atoms with Gasteiger partial charge in [-0.05, 0) is 44.3 Å². The van der Waals surface area contributed by atoms with Crippen molar-refractivity contribution in [3.63, 3.8) is 0 Å². The van der Waals surface area contributed by atoms with Gasteiger partial charge in [0.15, 0.2) is 12.0 Å². The summed E-state index contributed by atoms with van der Waals surface area (Å²) in [7, 11) is 0. The summed E-state index contributed by atoms with van der Waals surface area (Å²) in [5, 5.41) is 9.98. The maximum Gasteiger partial charge on any atom is 0.193 e. The largest absolute Gasteiger partial charge is 0.472 e. The highest BCUT2D eigenvalue weighted by atomic mass is 16.5. The van der Waals surface area contributed by atoms with Crippen LogP contribution in [0.4, 0.5) is 0 Å². The number of ketones is 1. The Kier molecular flexibility index (Phi) is 6.53. The van der Waals surface area contributed by atoms with E-state index >= 15 is 0 Å². The van der Waals surface area contributed by atoms with Crippen LogP contribution >= 0.6 is 0 Å². The maximum absolute atomic E-state index is 12.4. The van der Waals surface area contributed by atoms with Gasteiger partial charge in [-0.3, -0.25) is 9.69 Å². The lowest BCUT2D eigenvalue weighted by Crippen LogP contribution is -2.46. The first-order valence-corrected chi connectivity index (χ1v) is 8.35. The second kappa shape index (κ2) is 8.62. The maximum atomic E-state index is 12.4. The molecule has 0 aliphatic heterocycles. The predicted molar refractivity (Wildman–Crippen MR) is 95.3 cm³/mol. The normalized spacial score (nSPS) is 13.5. The van der Waals surface area contributed by atoms with Crippen molar-refractivity contribution in [1.29, 1.82) is 0 Å². The first-order chi connectivity index (χ1) is 11.6. The van der Waals surface area contributed by atoms with E-state index in [-0.39, 0.29) is 5.78 Å². The molecular weight excluding hydrogens is 302 g/mol. The first-order valence-electron chi connectivity index (χ1n) is 8.35. The zero-order chi connectivity index (χ0) is 17.5. The monoisotopic (exact) mass is 327 g/mol. The van der Waals surface area contributed by atoms with Crippen LogP contribution in [0.3, 0.4) is 0 Å². The Hall–Kier alpha value is -2.17. The van der Waals surface area contributed by atoms with Crippen molar-refractivity contribution >= 4 is 5.78 Å². The third-order valence-electron chi connectivity index (χ3n) is 3.99. The highest BCUT2D eigenvalue weighted by Gasteiger charge is 2.22. The number of benzene rings is 2. The number of aliphatic hydroxyl groups is 1. The number of aliphatic hydroxyl groups excluding tert-OH is 1. The third-order valence-corrected chi connectivity index (χ3v) is 3.99. The fraction of sp³-hybridized carbons (Fsp3) is 0.350. The van der Waals surface area contributed by atoms with E-state index in [1.54, 1.807) is 43.3 Å². The van der Waals surface area contributed by atoms with Crippen LogP contribution in [-0.4, -0.2) is 41.2 Å². The minimum atomic E-state index is -0.615. The second-order valence-electron chi connectivity index (χ2n) is 5.69. The van der Waals surface area contributed by atoms with Gasteiger partial charge in [-0.2, -0.15) is 0 Å². The SMILES string of the molecule is CCN(CC)C(Oc1ccc(C(=O)c2ccccc2)cc1)C(C)O. The zero-order valence-corrected chi connectivity index (χ0v) is 14.5. The lowest BCUT2D eigenvalue weighted by atomic mass is 10.0. The Labute approximate surface area is 143 Å². The summed E-state index contributed by atoms with van der Waals surface area (Å²) in [4.78, 5) is 14.4. The Morgan fingerprint density at radius 2 is 1.54 bits per heavy atom. The number of hydrogen-bond acceptors (Lipinski definition) is 4. The van der Waals surface area contributed by atoms with E-state index in [1.165, 1.54) is 0 Å². The van der Waals surface area contributed by atoms with Gasteiger partial charge >= 0.3 is 0 Å². The number of likely N-dealkylation sites (N-methyl/N-ethyl adjacent to an activating group) is 1. The average molecular weight is 327 g/mol. The molecule has 0 radical (unpaired) electrons. The Morgan fingerprint density at radius 1 is 1.00 bits per heavy atom. The van der Waals surface area contributed by atoms with Crippen molar-refractivity contribution in [2.45, 2.75) is 33.1 Å². The number of ether oxygens (including phenoxy) is 1. The standard InChI is InChI=1S/C20H25NO3/c1-4-21(5-2)20(15(3)22)24-18-13-11-17(12-14-18)19(23)16-9-7-6-8-10-16/h6-15,20,22H,4-5H2,1-3H3. The molecule has 128 valence electrons. The Balaban J connectivity index is 2.12. The molecule has 0 amide bonds. The van der Waals surface area contributed by atoms with Gasteiger partial charge in [-0.1, -0.05) is 44.2 Å². The van der Waals surface area contributed by atoms with Crippen molar-refractivity contribution in [3.8, 4) is 5.75 Å². The second-order valence-corrected chi connectivity index (χ2v) is 5.69. The molecule has 0 fully saturated rings. The lowest BCUT2D eigenvalue weighted by Gasteiger charge is -2.32. The summed E-state index contributed by atoms with van der Waals surface area (Å²) in [6.45, 7) is 7.36. The quantitative estimate of drug-likeness (QED) is 0.597. The summed E-state index contributed by atoms with van der Waals surface area (Å²) in [6, 6.07) is 16.2. The van der Waals surface area contributed by atoms with Crippen LogP contribution in [0.1, 0.15) is 36.7 Å². The van der Waals surface area contributed by atoms with Crippen LogP contribution in [0.5, 0.6) is 5.75 Å². The van der Waals surface area contributed by atoms with Gasteiger partial charge < -0.3 is 9.84 Å². The molecule has 24 heavy (non-hydrogen) atoms. The first kappa shape index (κ1) is 18.2. The average Bonchev–Trinajstić information content (AvgIpc) is 2.62. The van der Waals surface area contributed by atoms with E-state index in [9.17, 15) is 9.90 Å².